The predicted molar refractivity (Wildman–Crippen MR) is 80.5 cm³/mol. The Morgan fingerprint density at radius 2 is 1.95 bits per heavy atom. The van der Waals surface area contributed by atoms with Gasteiger partial charge in [0.1, 0.15) is 0 Å². The lowest BCUT2D eigenvalue weighted by atomic mass is 9.88. The Kier molecular flexibility index (Phi) is 5.67. The lowest BCUT2D eigenvalue weighted by molar-refractivity contribution is -0.0468. The van der Waals surface area contributed by atoms with Crippen LogP contribution < -0.4 is 5.32 Å². The summed E-state index contributed by atoms with van der Waals surface area (Å²) < 4.78 is 5.92. The van der Waals surface area contributed by atoms with Gasteiger partial charge in [-0.05, 0) is 56.7 Å². The Hall–Kier alpha value is -0.120. The van der Waals surface area contributed by atoms with Gasteiger partial charge in [-0.1, -0.05) is 20.8 Å². The van der Waals surface area contributed by atoms with Crippen molar-refractivity contribution in [3.63, 3.8) is 0 Å². The SMILES string of the molecule is CC(C)(C)CC1CN(CCC2CCNCC2)CCO1. The first-order valence-corrected chi connectivity index (χ1v) is 8.07. The highest BCUT2D eigenvalue weighted by molar-refractivity contribution is 4.78. The molecule has 2 aliphatic rings. The Morgan fingerprint density at radius 3 is 2.63 bits per heavy atom. The summed E-state index contributed by atoms with van der Waals surface area (Å²) in [6, 6.07) is 0. The van der Waals surface area contributed by atoms with Crippen LogP contribution in [0.4, 0.5) is 0 Å². The molecule has 0 aromatic carbocycles. The molecule has 3 heteroatoms. The number of nitrogens with one attached hydrogen (secondary N) is 1. The third-order valence-electron chi connectivity index (χ3n) is 4.38. The van der Waals surface area contributed by atoms with Crippen molar-refractivity contribution in [1.29, 1.82) is 0 Å². The second-order valence-electron chi connectivity index (χ2n) is 7.54. The second-order valence-corrected chi connectivity index (χ2v) is 7.54. The first kappa shape index (κ1) is 15.3. The number of rotatable bonds is 4. The minimum absolute atomic E-state index is 0.378. The van der Waals surface area contributed by atoms with Crippen molar-refractivity contribution in [2.75, 3.05) is 39.3 Å². The summed E-state index contributed by atoms with van der Waals surface area (Å²) in [6.07, 6.45) is 5.74. The van der Waals surface area contributed by atoms with Gasteiger partial charge in [-0.25, -0.2) is 0 Å². The fraction of sp³-hybridized carbons (Fsp3) is 1.00. The molecule has 1 atom stereocenters. The van der Waals surface area contributed by atoms with Crippen LogP contribution in [0.3, 0.4) is 0 Å². The zero-order chi connectivity index (χ0) is 13.7. The average Bonchev–Trinajstić information content (AvgIpc) is 2.36. The van der Waals surface area contributed by atoms with Gasteiger partial charge in [0.15, 0.2) is 0 Å². The predicted octanol–water partition coefficient (Wildman–Crippen LogP) is 2.51. The summed E-state index contributed by atoms with van der Waals surface area (Å²) in [5, 5.41) is 3.45. The largest absolute Gasteiger partial charge is 0.376 e. The highest BCUT2D eigenvalue weighted by Crippen LogP contribution is 2.25. The van der Waals surface area contributed by atoms with Crippen LogP contribution in [0.1, 0.15) is 46.5 Å². The molecule has 0 aromatic rings. The van der Waals surface area contributed by atoms with E-state index < -0.39 is 0 Å². The Balaban J connectivity index is 1.68. The second kappa shape index (κ2) is 7.05. The highest BCUT2D eigenvalue weighted by atomic mass is 16.5. The van der Waals surface area contributed by atoms with E-state index in [9.17, 15) is 0 Å². The molecule has 0 aliphatic carbocycles. The molecule has 0 spiro atoms. The molecule has 3 nitrogen and oxygen atoms in total. The zero-order valence-electron chi connectivity index (χ0n) is 13.1. The van der Waals surface area contributed by atoms with Crippen LogP contribution in [-0.2, 0) is 4.74 Å². The van der Waals surface area contributed by atoms with E-state index in [0.29, 0.717) is 11.5 Å². The smallest absolute Gasteiger partial charge is 0.0707 e. The van der Waals surface area contributed by atoms with Crippen molar-refractivity contribution < 1.29 is 4.74 Å². The van der Waals surface area contributed by atoms with Gasteiger partial charge >= 0.3 is 0 Å². The van der Waals surface area contributed by atoms with E-state index in [0.717, 1.165) is 25.6 Å². The molecule has 2 rings (SSSR count). The molecule has 2 heterocycles. The molecule has 2 saturated heterocycles. The van der Waals surface area contributed by atoms with E-state index in [1.807, 2.05) is 0 Å². The van der Waals surface area contributed by atoms with Crippen molar-refractivity contribution in [3.8, 4) is 0 Å². The van der Waals surface area contributed by atoms with Gasteiger partial charge in [-0.2, -0.15) is 0 Å². The normalized spacial score (nSPS) is 27.6. The van der Waals surface area contributed by atoms with E-state index in [1.165, 1.54) is 45.3 Å². The first-order chi connectivity index (χ1) is 9.03. The minimum Gasteiger partial charge on any atom is -0.376 e. The van der Waals surface area contributed by atoms with Crippen LogP contribution in [0.2, 0.25) is 0 Å². The Labute approximate surface area is 119 Å². The van der Waals surface area contributed by atoms with Crippen LogP contribution in [-0.4, -0.2) is 50.3 Å². The van der Waals surface area contributed by atoms with E-state index in [-0.39, 0.29) is 0 Å². The molecule has 112 valence electrons. The van der Waals surface area contributed by atoms with E-state index in [4.69, 9.17) is 4.74 Å². The molecule has 0 bridgehead atoms. The minimum atomic E-state index is 0.378. The monoisotopic (exact) mass is 268 g/mol. The number of nitrogens with zero attached hydrogens (tertiary/aromatic N) is 1. The molecule has 2 fully saturated rings. The van der Waals surface area contributed by atoms with Crippen molar-refractivity contribution in [1.82, 2.24) is 10.2 Å². The van der Waals surface area contributed by atoms with E-state index in [2.05, 4.69) is 31.0 Å². The number of ether oxygens (including phenoxy) is 1. The zero-order valence-corrected chi connectivity index (χ0v) is 13.1. The van der Waals surface area contributed by atoms with Gasteiger partial charge in [-0.3, -0.25) is 4.90 Å². The Bertz CT molecular complexity index is 256. The summed E-state index contributed by atoms with van der Waals surface area (Å²) in [6.45, 7) is 13.8. The highest BCUT2D eigenvalue weighted by Gasteiger charge is 2.25. The van der Waals surface area contributed by atoms with Crippen LogP contribution in [0, 0.1) is 11.3 Å². The summed E-state index contributed by atoms with van der Waals surface area (Å²) in [5.74, 6) is 0.949. The molecule has 0 aromatic heterocycles. The van der Waals surface area contributed by atoms with E-state index in [1.54, 1.807) is 0 Å². The molecular weight excluding hydrogens is 236 g/mol. The van der Waals surface area contributed by atoms with E-state index >= 15 is 0 Å². The lowest BCUT2D eigenvalue weighted by Crippen LogP contribution is -2.44. The fourth-order valence-electron chi connectivity index (χ4n) is 3.33. The third kappa shape index (κ3) is 5.80. The van der Waals surface area contributed by atoms with Gasteiger partial charge in [0.25, 0.3) is 0 Å². The molecule has 1 unspecified atom stereocenters. The maximum absolute atomic E-state index is 5.92. The number of piperidine rings is 1. The summed E-state index contributed by atoms with van der Waals surface area (Å²) in [7, 11) is 0. The fourth-order valence-corrected chi connectivity index (χ4v) is 3.33. The van der Waals surface area contributed by atoms with Crippen molar-refractivity contribution in [2.24, 2.45) is 11.3 Å². The summed E-state index contributed by atoms with van der Waals surface area (Å²) in [5.41, 5.74) is 0.378. The van der Waals surface area contributed by atoms with Crippen LogP contribution in [0.5, 0.6) is 0 Å². The van der Waals surface area contributed by atoms with Crippen LogP contribution in [0.25, 0.3) is 0 Å². The van der Waals surface area contributed by atoms with Gasteiger partial charge in [0.2, 0.25) is 0 Å². The molecule has 2 aliphatic heterocycles. The molecule has 0 radical (unpaired) electrons. The topological polar surface area (TPSA) is 24.5 Å². The molecule has 0 saturated carbocycles. The summed E-state index contributed by atoms with van der Waals surface area (Å²) >= 11 is 0. The number of hydrogen-bond donors (Lipinski definition) is 1. The van der Waals surface area contributed by atoms with Crippen LogP contribution >= 0.6 is 0 Å². The van der Waals surface area contributed by atoms with Crippen LogP contribution in [0.15, 0.2) is 0 Å². The summed E-state index contributed by atoms with van der Waals surface area (Å²) in [4.78, 5) is 2.63. The third-order valence-corrected chi connectivity index (χ3v) is 4.38. The molecule has 19 heavy (non-hydrogen) atoms. The van der Waals surface area contributed by atoms with Crippen molar-refractivity contribution >= 4 is 0 Å². The molecular formula is C16H32N2O. The standard InChI is InChI=1S/C16H32N2O/c1-16(2,3)12-15-13-18(10-11-19-15)9-6-14-4-7-17-8-5-14/h14-15,17H,4-13H2,1-3H3. The molecule has 1 N–H and O–H groups in total. The maximum Gasteiger partial charge on any atom is 0.0707 e. The first-order valence-electron chi connectivity index (χ1n) is 8.07. The quantitative estimate of drug-likeness (QED) is 0.848. The average molecular weight is 268 g/mol. The lowest BCUT2D eigenvalue weighted by Gasteiger charge is -2.36. The van der Waals surface area contributed by atoms with Crippen molar-refractivity contribution in [2.45, 2.75) is 52.6 Å². The van der Waals surface area contributed by atoms with Gasteiger partial charge in [0.05, 0.1) is 12.7 Å². The van der Waals surface area contributed by atoms with Gasteiger partial charge < -0.3 is 10.1 Å². The maximum atomic E-state index is 5.92. The number of hydrogen-bond acceptors (Lipinski definition) is 3. The van der Waals surface area contributed by atoms with Crippen molar-refractivity contribution in [3.05, 3.63) is 0 Å². The molecule has 0 amide bonds. The number of morpholine rings is 1. The van der Waals surface area contributed by atoms with Gasteiger partial charge in [0, 0.05) is 13.1 Å². The van der Waals surface area contributed by atoms with Gasteiger partial charge in [-0.15, -0.1) is 0 Å². The Morgan fingerprint density at radius 1 is 1.21 bits per heavy atom.